The summed E-state index contributed by atoms with van der Waals surface area (Å²) < 4.78 is 11.3. The minimum absolute atomic E-state index is 0.0597. The summed E-state index contributed by atoms with van der Waals surface area (Å²) in [4.78, 5) is 11.6. The number of ether oxygens (including phenoxy) is 2. The molecule has 2 aliphatic heterocycles. The van der Waals surface area contributed by atoms with Gasteiger partial charge in [0.2, 0.25) is 0 Å². The monoisotopic (exact) mass is 212 g/mol. The highest BCUT2D eigenvalue weighted by Crippen LogP contribution is 2.43. The summed E-state index contributed by atoms with van der Waals surface area (Å²) in [7, 11) is 0. The molecule has 2 heterocycles. The molecule has 2 bridgehead atoms. The van der Waals surface area contributed by atoms with E-state index in [9.17, 15) is 4.79 Å². The second-order valence-electron chi connectivity index (χ2n) is 4.92. The minimum Gasteiger partial charge on any atom is -0.456 e. The van der Waals surface area contributed by atoms with Gasteiger partial charge in [-0.15, -0.1) is 0 Å². The van der Waals surface area contributed by atoms with Gasteiger partial charge in [-0.1, -0.05) is 13.3 Å². The van der Waals surface area contributed by atoms with Crippen LogP contribution < -0.4 is 0 Å². The summed E-state index contributed by atoms with van der Waals surface area (Å²) in [6, 6.07) is 0. The zero-order valence-corrected chi connectivity index (χ0v) is 9.62. The summed E-state index contributed by atoms with van der Waals surface area (Å²) in [6.45, 7) is 4.09. The lowest BCUT2D eigenvalue weighted by atomic mass is 9.86. The van der Waals surface area contributed by atoms with Crippen molar-refractivity contribution in [2.45, 2.75) is 70.2 Å². The van der Waals surface area contributed by atoms with E-state index in [4.69, 9.17) is 9.47 Å². The lowest BCUT2D eigenvalue weighted by Crippen LogP contribution is -2.41. The van der Waals surface area contributed by atoms with Crippen molar-refractivity contribution < 1.29 is 14.3 Å². The van der Waals surface area contributed by atoms with Crippen LogP contribution in [0.4, 0.5) is 0 Å². The van der Waals surface area contributed by atoms with Crippen molar-refractivity contribution in [2.75, 3.05) is 0 Å². The van der Waals surface area contributed by atoms with Crippen LogP contribution in [0.15, 0.2) is 0 Å². The Morgan fingerprint density at radius 3 is 2.87 bits per heavy atom. The van der Waals surface area contributed by atoms with E-state index in [0.29, 0.717) is 12.5 Å². The SMILES string of the molecule is CCCCC(=O)OC1(C)CC2CCC1O2. The van der Waals surface area contributed by atoms with E-state index in [1.807, 2.05) is 6.92 Å². The zero-order chi connectivity index (χ0) is 10.9. The molecule has 0 saturated carbocycles. The first-order chi connectivity index (χ1) is 7.14. The molecule has 3 nitrogen and oxygen atoms in total. The Kier molecular flexibility index (Phi) is 3.01. The molecule has 0 N–H and O–H groups in total. The van der Waals surface area contributed by atoms with Gasteiger partial charge >= 0.3 is 5.97 Å². The van der Waals surface area contributed by atoms with Crippen molar-refractivity contribution in [3.05, 3.63) is 0 Å². The molecular weight excluding hydrogens is 192 g/mol. The fourth-order valence-electron chi connectivity index (χ4n) is 2.63. The van der Waals surface area contributed by atoms with E-state index in [2.05, 4.69) is 6.92 Å². The van der Waals surface area contributed by atoms with Crippen LogP contribution >= 0.6 is 0 Å². The van der Waals surface area contributed by atoms with E-state index in [-0.39, 0.29) is 17.7 Å². The number of hydrogen-bond donors (Lipinski definition) is 0. The predicted octanol–water partition coefficient (Wildman–Crippen LogP) is 2.43. The van der Waals surface area contributed by atoms with Crippen LogP contribution in [0.1, 0.15) is 52.4 Å². The largest absolute Gasteiger partial charge is 0.456 e. The second kappa shape index (κ2) is 4.12. The van der Waals surface area contributed by atoms with Crippen LogP contribution in [0.5, 0.6) is 0 Å². The average molecular weight is 212 g/mol. The second-order valence-corrected chi connectivity index (χ2v) is 4.92. The third kappa shape index (κ3) is 2.17. The molecule has 3 unspecified atom stereocenters. The molecule has 0 aromatic rings. The van der Waals surface area contributed by atoms with Crippen molar-refractivity contribution in [3.63, 3.8) is 0 Å². The molecule has 2 aliphatic rings. The Balaban J connectivity index is 1.86. The number of esters is 1. The highest BCUT2D eigenvalue weighted by atomic mass is 16.6. The van der Waals surface area contributed by atoms with Crippen LogP contribution in [-0.2, 0) is 14.3 Å². The van der Waals surface area contributed by atoms with E-state index in [0.717, 1.165) is 32.1 Å². The molecule has 0 aliphatic carbocycles. The smallest absolute Gasteiger partial charge is 0.306 e. The van der Waals surface area contributed by atoms with Gasteiger partial charge in [0.1, 0.15) is 5.60 Å². The van der Waals surface area contributed by atoms with Gasteiger partial charge in [0.05, 0.1) is 12.2 Å². The number of fused-ring (bicyclic) bond motifs is 2. The highest BCUT2D eigenvalue weighted by Gasteiger charge is 2.51. The molecule has 2 rings (SSSR count). The van der Waals surface area contributed by atoms with E-state index in [1.54, 1.807) is 0 Å². The van der Waals surface area contributed by atoms with Gasteiger partial charge in [-0.05, 0) is 26.2 Å². The van der Waals surface area contributed by atoms with E-state index >= 15 is 0 Å². The third-order valence-corrected chi connectivity index (χ3v) is 3.50. The Labute approximate surface area is 91.1 Å². The first-order valence-corrected chi connectivity index (χ1v) is 6.01. The maximum atomic E-state index is 11.6. The quantitative estimate of drug-likeness (QED) is 0.671. The standard InChI is InChI=1S/C12H20O3/c1-3-4-5-11(13)15-12(2)8-9-6-7-10(12)14-9/h9-10H,3-8H2,1-2H3. The molecule has 0 amide bonds. The molecule has 3 atom stereocenters. The maximum absolute atomic E-state index is 11.6. The number of hydrogen-bond acceptors (Lipinski definition) is 3. The topological polar surface area (TPSA) is 35.5 Å². The van der Waals surface area contributed by atoms with E-state index < -0.39 is 0 Å². The third-order valence-electron chi connectivity index (χ3n) is 3.50. The Bertz CT molecular complexity index is 251. The normalized spacial score (nSPS) is 38.3. The summed E-state index contributed by atoms with van der Waals surface area (Å²) >= 11 is 0. The van der Waals surface area contributed by atoms with Crippen molar-refractivity contribution >= 4 is 5.97 Å². The fourth-order valence-corrected chi connectivity index (χ4v) is 2.63. The summed E-state index contributed by atoms with van der Waals surface area (Å²) in [5, 5.41) is 0. The molecule has 0 aromatic carbocycles. The van der Waals surface area contributed by atoms with Crippen LogP contribution in [0.3, 0.4) is 0 Å². The summed E-state index contributed by atoms with van der Waals surface area (Å²) in [6.07, 6.45) is 6.04. The van der Waals surface area contributed by atoms with Crippen molar-refractivity contribution in [1.29, 1.82) is 0 Å². The van der Waals surface area contributed by atoms with Gasteiger partial charge in [-0.25, -0.2) is 0 Å². The lowest BCUT2D eigenvalue weighted by Gasteiger charge is -2.30. The molecule has 0 spiro atoms. The molecule has 0 aromatic heterocycles. The molecule has 15 heavy (non-hydrogen) atoms. The molecule has 2 fully saturated rings. The summed E-state index contributed by atoms with van der Waals surface area (Å²) in [5.41, 5.74) is -0.340. The van der Waals surface area contributed by atoms with Gasteiger partial charge in [-0.3, -0.25) is 4.79 Å². The van der Waals surface area contributed by atoms with Gasteiger partial charge in [0, 0.05) is 12.8 Å². The zero-order valence-electron chi connectivity index (χ0n) is 9.62. The number of carbonyl (C=O) groups is 1. The first kappa shape index (κ1) is 10.9. The molecule has 86 valence electrons. The number of rotatable bonds is 4. The molecular formula is C12H20O3. The van der Waals surface area contributed by atoms with Crippen molar-refractivity contribution in [3.8, 4) is 0 Å². The first-order valence-electron chi connectivity index (χ1n) is 6.01. The molecule has 0 radical (unpaired) electrons. The average Bonchev–Trinajstić information content (AvgIpc) is 2.73. The highest BCUT2D eigenvalue weighted by molar-refractivity contribution is 5.70. The molecule has 2 saturated heterocycles. The number of carbonyl (C=O) groups excluding carboxylic acids is 1. The Hall–Kier alpha value is -0.570. The van der Waals surface area contributed by atoms with Gasteiger partial charge < -0.3 is 9.47 Å². The minimum atomic E-state index is -0.340. The van der Waals surface area contributed by atoms with Gasteiger partial charge in [0.15, 0.2) is 0 Å². The van der Waals surface area contributed by atoms with E-state index in [1.165, 1.54) is 0 Å². The van der Waals surface area contributed by atoms with Crippen LogP contribution in [0.2, 0.25) is 0 Å². The number of unbranched alkanes of at least 4 members (excludes halogenated alkanes) is 1. The Morgan fingerprint density at radius 2 is 2.33 bits per heavy atom. The van der Waals surface area contributed by atoms with Gasteiger partial charge in [-0.2, -0.15) is 0 Å². The van der Waals surface area contributed by atoms with Crippen molar-refractivity contribution in [2.24, 2.45) is 0 Å². The predicted molar refractivity (Wildman–Crippen MR) is 56.5 cm³/mol. The van der Waals surface area contributed by atoms with Gasteiger partial charge in [0.25, 0.3) is 0 Å². The van der Waals surface area contributed by atoms with Crippen LogP contribution in [0, 0.1) is 0 Å². The van der Waals surface area contributed by atoms with Crippen LogP contribution in [0.25, 0.3) is 0 Å². The Morgan fingerprint density at radius 1 is 1.53 bits per heavy atom. The fraction of sp³-hybridized carbons (Fsp3) is 0.917. The van der Waals surface area contributed by atoms with Crippen molar-refractivity contribution in [1.82, 2.24) is 0 Å². The maximum Gasteiger partial charge on any atom is 0.306 e. The molecule has 3 heteroatoms. The summed E-state index contributed by atoms with van der Waals surface area (Å²) in [5.74, 6) is -0.0597. The lowest BCUT2D eigenvalue weighted by molar-refractivity contribution is -0.163. The van der Waals surface area contributed by atoms with Crippen LogP contribution in [-0.4, -0.2) is 23.8 Å².